The van der Waals surface area contributed by atoms with Gasteiger partial charge in [-0.1, -0.05) is 13.8 Å². The Morgan fingerprint density at radius 3 is 2.53 bits per heavy atom. The number of fused-ring (bicyclic) bond motifs is 1. The van der Waals surface area contributed by atoms with Crippen LogP contribution in [0.4, 0.5) is 4.79 Å². The zero-order valence-corrected chi connectivity index (χ0v) is 18.8. The quantitative estimate of drug-likeness (QED) is 0.750. The lowest BCUT2D eigenvalue weighted by atomic mass is 10.1. The zero-order valence-electron chi connectivity index (χ0n) is 18.8. The molecule has 8 heteroatoms. The van der Waals surface area contributed by atoms with Gasteiger partial charge in [-0.3, -0.25) is 4.79 Å². The van der Waals surface area contributed by atoms with Crippen LogP contribution in [0.3, 0.4) is 0 Å². The molecule has 3 rings (SSSR count). The lowest BCUT2D eigenvalue weighted by Crippen LogP contribution is -2.38. The Hall–Kier alpha value is -2.64. The van der Waals surface area contributed by atoms with Gasteiger partial charge in [0.15, 0.2) is 5.65 Å². The number of aryl methyl sites for hydroxylation is 3. The highest BCUT2D eigenvalue weighted by Gasteiger charge is 2.23. The minimum atomic E-state index is -0.279. The van der Waals surface area contributed by atoms with Crippen LogP contribution in [0.25, 0.3) is 5.65 Å². The molecule has 0 bridgehead atoms. The molecule has 2 amide bonds. The fourth-order valence-corrected chi connectivity index (χ4v) is 3.87. The van der Waals surface area contributed by atoms with Gasteiger partial charge in [-0.15, -0.1) is 0 Å². The van der Waals surface area contributed by atoms with Crippen LogP contribution in [0.1, 0.15) is 49.3 Å². The molecule has 8 nitrogen and oxygen atoms in total. The summed E-state index contributed by atoms with van der Waals surface area (Å²) in [6.45, 7) is 12.8. The van der Waals surface area contributed by atoms with Crippen molar-refractivity contribution in [1.29, 1.82) is 0 Å². The second-order valence-electron chi connectivity index (χ2n) is 8.51. The fraction of sp³-hybridized carbons (Fsp3) is 0.636. The van der Waals surface area contributed by atoms with E-state index in [4.69, 9.17) is 4.74 Å². The third kappa shape index (κ3) is 5.09. The third-order valence-corrected chi connectivity index (χ3v) is 5.52. The first-order chi connectivity index (χ1) is 14.3. The molecule has 0 spiro atoms. The number of ether oxygens (including phenoxy) is 1. The molecule has 1 fully saturated rings. The summed E-state index contributed by atoms with van der Waals surface area (Å²) in [6, 6.07) is 1.96. The summed E-state index contributed by atoms with van der Waals surface area (Å²) in [5, 5.41) is 4.50. The summed E-state index contributed by atoms with van der Waals surface area (Å²) in [4.78, 5) is 33.3. The second kappa shape index (κ2) is 9.45. The van der Waals surface area contributed by atoms with Crippen LogP contribution < -0.4 is 0 Å². The number of rotatable bonds is 5. The molecular weight excluding hydrogens is 382 g/mol. The van der Waals surface area contributed by atoms with Crippen LogP contribution in [0, 0.1) is 26.7 Å². The van der Waals surface area contributed by atoms with E-state index in [1.165, 1.54) is 0 Å². The summed E-state index contributed by atoms with van der Waals surface area (Å²) in [5.41, 5.74) is 4.83. The zero-order chi connectivity index (χ0) is 21.8. The fourth-order valence-electron chi connectivity index (χ4n) is 3.87. The van der Waals surface area contributed by atoms with Crippen molar-refractivity contribution >= 4 is 17.6 Å². The lowest BCUT2D eigenvalue weighted by Gasteiger charge is -2.22. The average Bonchev–Trinajstić information content (AvgIpc) is 2.90. The molecule has 2 aromatic rings. The number of hydrogen-bond donors (Lipinski definition) is 0. The van der Waals surface area contributed by atoms with Crippen molar-refractivity contribution in [3.05, 3.63) is 28.7 Å². The molecule has 30 heavy (non-hydrogen) atoms. The third-order valence-electron chi connectivity index (χ3n) is 5.52. The van der Waals surface area contributed by atoms with Crippen molar-refractivity contribution in [3.8, 4) is 0 Å². The number of nitrogens with zero attached hydrogens (tertiary/aromatic N) is 5. The molecule has 0 saturated carbocycles. The highest BCUT2D eigenvalue weighted by molar-refractivity contribution is 5.77. The Balaban J connectivity index is 1.58. The van der Waals surface area contributed by atoms with E-state index >= 15 is 0 Å². The van der Waals surface area contributed by atoms with Crippen molar-refractivity contribution in [1.82, 2.24) is 24.4 Å². The average molecular weight is 416 g/mol. The van der Waals surface area contributed by atoms with E-state index in [2.05, 4.69) is 10.1 Å². The Labute approximate surface area is 178 Å². The number of carbonyl (C=O) groups is 2. The standard InChI is InChI=1S/C22H33N5O3/c1-15(2)14-30-22(29)26-10-6-9-25(11-12-26)21(28)8-7-19-17(4)23-20-13-16(3)24-27(20)18(19)5/h13,15H,6-12,14H2,1-5H3. The maximum Gasteiger partial charge on any atom is 0.409 e. The first-order valence-electron chi connectivity index (χ1n) is 10.8. The summed E-state index contributed by atoms with van der Waals surface area (Å²) < 4.78 is 7.19. The Bertz CT molecular complexity index is 921. The van der Waals surface area contributed by atoms with Crippen LogP contribution in [0.5, 0.6) is 0 Å². The van der Waals surface area contributed by atoms with Gasteiger partial charge >= 0.3 is 6.09 Å². The van der Waals surface area contributed by atoms with Gasteiger partial charge in [0.1, 0.15) is 0 Å². The van der Waals surface area contributed by atoms with Gasteiger partial charge in [0, 0.05) is 50.1 Å². The minimum absolute atomic E-state index is 0.114. The largest absolute Gasteiger partial charge is 0.449 e. The maximum atomic E-state index is 12.9. The molecule has 0 aromatic carbocycles. The normalized spacial score (nSPS) is 15.0. The van der Waals surface area contributed by atoms with Gasteiger partial charge in [-0.25, -0.2) is 14.3 Å². The predicted octanol–water partition coefficient (Wildman–Crippen LogP) is 2.91. The van der Waals surface area contributed by atoms with E-state index < -0.39 is 0 Å². The molecule has 0 aliphatic carbocycles. The van der Waals surface area contributed by atoms with Crippen molar-refractivity contribution in [2.45, 2.75) is 53.9 Å². The van der Waals surface area contributed by atoms with E-state index in [0.29, 0.717) is 51.5 Å². The molecule has 2 aromatic heterocycles. The summed E-state index contributed by atoms with van der Waals surface area (Å²) >= 11 is 0. The second-order valence-corrected chi connectivity index (χ2v) is 8.51. The monoisotopic (exact) mass is 415 g/mol. The number of carbonyl (C=O) groups excluding carboxylic acids is 2. The summed E-state index contributed by atoms with van der Waals surface area (Å²) in [6.07, 6.45) is 1.54. The molecule has 0 radical (unpaired) electrons. The van der Waals surface area contributed by atoms with Crippen molar-refractivity contribution in [2.24, 2.45) is 5.92 Å². The van der Waals surface area contributed by atoms with Crippen LogP contribution >= 0.6 is 0 Å². The highest BCUT2D eigenvalue weighted by Crippen LogP contribution is 2.18. The maximum absolute atomic E-state index is 12.9. The number of hydrogen-bond acceptors (Lipinski definition) is 5. The Morgan fingerprint density at radius 2 is 1.80 bits per heavy atom. The summed E-state index contributed by atoms with van der Waals surface area (Å²) in [5.74, 6) is 0.424. The molecule has 0 N–H and O–H groups in total. The van der Waals surface area contributed by atoms with Gasteiger partial charge in [0.05, 0.1) is 12.3 Å². The molecular formula is C22H33N5O3. The molecule has 0 atom stereocenters. The number of aromatic nitrogens is 3. The Morgan fingerprint density at radius 1 is 1.10 bits per heavy atom. The smallest absolute Gasteiger partial charge is 0.409 e. The topological polar surface area (TPSA) is 80.0 Å². The van der Waals surface area contributed by atoms with Gasteiger partial charge in [-0.2, -0.15) is 5.10 Å². The van der Waals surface area contributed by atoms with Crippen molar-refractivity contribution in [3.63, 3.8) is 0 Å². The molecule has 1 aliphatic rings. The van der Waals surface area contributed by atoms with Gasteiger partial charge in [0.2, 0.25) is 5.91 Å². The SMILES string of the molecule is Cc1cc2nc(C)c(CCC(=O)N3CCCN(C(=O)OCC(C)C)CC3)c(C)n2n1. The Kier molecular flexibility index (Phi) is 6.95. The van der Waals surface area contributed by atoms with E-state index in [1.807, 2.05) is 50.1 Å². The molecule has 164 valence electrons. The minimum Gasteiger partial charge on any atom is -0.449 e. The first kappa shape index (κ1) is 22.1. The first-order valence-corrected chi connectivity index (χ1v) is 10.8. The van der Waals surface area contributed by atoms with E-state index in [-0.39, 0.29) is 12.0 Å². The lowest BCUT2D eigenvalue weighted by molar-refractivity contribution is -0.131. The number of amides is 2. The molecule has 1 aliphatic heterocycles. The van der Waals surface area contributed by atoms with Crippen LogP contribution in [-0.4, -0.2) is 69.2 Å². The summed E-state index contributed by atoms with van der Waals surface area (Å²) in [7, 11) is 0. The highest BCUT2D eigenvalue weighted by atomic mass is 16.6. The van der Waals surface area contributed by atoms with Gasteiger partial charge in [0.25, 0.3) is 0 Å². The molecule has 0 unspecified atom stereocenters. The predicted molar refractivity (Wildman–Crippen MR) is 114 cm³/mol. The van der Waals surface area contributed by atoms with Crippen LogP contribution in [0.15, 0.2) is 6.07 Å². The molecule has 3 heterocycles. The van der Waals surface area contributed by atoms with Gasteiger partial charge < -0.3 is 14.5 Å². The van der Waals surface area contributed by atoms with Crippen molar-refractivity contribution in [2.75, 3.05) is 32.8 Å². The van der Waals surface area contributed by atoms with E-state index in [0.717, 1.165) is 34.7 Å². The van der Waals surface area contributed by atoms with Crippen LogP contribution in [-0.2, 0) is 16.0 Å². The van der Waals surface area contributed by atoms with E-state index in [9.17, 15) is 9.59 Å². The van der Waals surface area contributed by atoms with Crippen LogP contribution in [0.2, 0.25) is 0 Å². The van der Waals surface area contributed by atoms with E-state index in [1.54, 1.807) is 4.90 Å². The van der Waals surface area contributed by atoms with Crippen molar-refractivity contribution < 1.29 is 14.3 Å². The van der Waals surface area contributed by atoms with Gasteiger partial charge in [-0.05, 0) is 45.1 Å². The molecule has 1 saturated heterocycles.